The molecule has 0 unspecified atom stereocenters. The van der Waals surface area contributed by atoms with E-state index in [0.717, 1.165) is 46.9 Å². The number of hydrogen-bond donors (Lipinski definition) is 1. The maximum atomic E-state index is 13.3. The lowest BCUT2D eigenvalue weighted by Crippen LogP contribution is -2.32. The van der Waals surface area contributed by atoms with Gasteiger partial charge in [0, 0.05) is 29.8 Å². The average Bonchev–Trinajstić information content (AvgIpc) is 2.95. The van der Waals surface area contributed by atoms with E-state index in [1.54, 1.807) is 0 Å². The van der Waals surface area contributed by atoms with E-state index < -0.39 is 0 Å². The van der Waals surface area contributed by atoms with E-state index in [0.29, 0.717) is 6.54 Å². The van der Waals surface area contributed by atoms with Crippen molar-refractivity contribution < 1.29 is 4.79 Å². The fourth-order valence-corrected chi connectivity index (χ4v) is 3.79. The molecule has 0 saturated heterocycles. The van der Waals surface area contributed by atoms with Gasteiger partial charge in [0.15, 0.2) is 0 Å². The van der Waals surface area contributed by atoms with Gasteiger partial charge >= 0.3 is 0 Å². The Morgan fingerprint density at radius 2 is 2.00 bits per heavy atom. The monoisotopic (exact) mass is 345 g/mol. The van der Waals surface area contributed by atoms with Crippen LogP contribution in [0.1, 0.15) is 39.9 Å². The SMILES string of the molecule is CCc1ccc(C(=O)N2CCc3[nH]c(C)nc3-c3ccccc32)cc1C. The van der Waals surface area contributed by atoms with Crippen molar-refractivity contribution in [1.29, 1.82) is 0 Å². The lowest BCUT2D eigenvalue weighted by atomic mass is 10.0. The van der Waals surface area contributed by atoms with E-state index in [-0.39, 0.29) is 5.91 Å². The minimum absolute atomic E-state index is 0.0464. The number of aromatic amines is 1. The summed E-state index contributed by atoms with van der Waals surface area (Å²) in [4.78, 5) is 23.2. The third kappa shape index (κ3) is 2.71. The fourth-order valence-electron chi connectivity index (χ4n) is 3.79. The smallest absolute Gasteiger partial charge is 0.258 e. The second-order valence-corrected chi connectivity index (χ2v) is 6.87. The van der Waals surface area contributed by atoms with Crippen LogP contribution in [-0.4, -0.2) is 22.4 Å². The van der Waals surface area contributed by atoms with Crippen LogP contribution >= 0.6 is 0 Å². The largest absolute Gasteiger partial charge is 0.346 e. The van der Waals surface area contributed by atoms with Crippen molar-refractivity contribution in [2.45, 2.75) is 33.6 Å². The molecule has 0 saturated carbocycles. The summed E-state index contributed by atoms with van der Waals surface area (Å²) < 4.78 is 0. The van der Waals surface area contributed by atoms with Gasteiger partial charge in [0.25, 0.3) is 5.91 Å². The third-order valence-corrected chi connectivity index (χ3v) is 5.15. The number of aryl methyl sites for hydroxylation is 3. The molecule has 0 bridgehead atoms. The topological polar surface area (TPSA) is 49.0 Å². The number of imidazole rings is 1. The van der Waals surface area contributed by atoms with Gasteiger partial charge in [-0.05, 0) is 49.6 Å². The van der Waals surface area contributed by atoms with Crippen molar-refractivity contribution in [3.05, 3.63) is 70.7 Å². The van der Waals surface area contributed by atoms with Crippen LogP contribution < -0.4 is 4.90 Å². The van der Waals surface area contributed by atoms with Crippen LogP contribution in [0.3, 0.4) is 0 Å². The summed E-state index contributed by atoms with van der Waals surface area (Å²) in [5, 5.41) is 0. The Labute approximate surface area is 153 Å². The highest BCUT2D eigenvalue weighted by Gasteiger charge is 2.26. The number of anilines is 1. The highest BCUT2D eigenvalue weighted by Crippen LogP contribution is 2.35. The number of rotatable bonds is 2. The number of amides is 1. The van der Waals surface area contributed by atoms with Crippen molar-refractivity contribution in [3.8, 4) is 11.3 Å². The van der Waals surface area contributed by atoms with E-state index in [4.69, 9.17) is 0 Å². The summed E-state index contributed by atoms with van der Waals surface area (Å²) >= 11 is 0. The first-order chi connectivity index (χ1) is 12.6. The normalized spacial score (nSPS) is 13.1. The number of carbonyl (C=O) groups is 1. The van der Waals surface area contributed by atoms with Gasteiger partial charge in [-0.15, -0.1) is 0 Å². The van der Waals surface area contributed by atoms with Crippen LogP contribution in [0.15, 0.2) is 42.5 Å². The van der Waals surface area contributed by atoms with E-state index in [1.165, 1.54) is 11.1 Å². The number of para-hydroxylation sites is 1. The number of hydrogen-bond acceptors (Lipinski definition) is 2. The lowest BCUT2D eigenvalue weighted by molar-refractivity contribution is 0.0987. The van der Waals surface area contributed by atoms with Gasteiger partial charge in [0.2, 0.25) is 0 Å². The van der Waals surface area contributed by atoms with Crippen LogP contribution in [0.2, 0.25) is 0 Å². The molecule has 0 radical (unpaired) electrons. The summed E-state index contributed by atoms with van der Waals surface area (Å²) in [6, 6.07) is 14.1. The molecule has 1 aromatic heterocycles. The van der Waals surface area contributed by atoms with Crippen molar-refractivity contribution in [2.75, 3.05) is 11.4 Å². The molecule has 4 nitrogen and oxygen atoms in total. The van der Waals surface area contributed by atoms with Gasteiger partial charge in [0.05, 0.1) is 11.4 Å². The number of benzene rings is 2. The first kappa shape index (κ1) is 16.6. The molecule has 132 valence electrons. The third-order valence-electron chi connectivity index (χ3n) is 5.15. The van der Waals surface area contributed by atoms with Gasteiger partial charge < -0.3 is 9.88 Å². The summed E-state index contributed by atoms with van der Waals surface area (Å²) in [7, 11) is 0. The quantitative estimate of drug-likeness (QED) is 0.745. The second kappa shape index (κ2) is 6.45. The molecule has 0 fully saturated rings. The highest BCUT2D eigenvalue weighted by molar-refractivity contribution is 6.08. The molecule has 1 amide bonds. The van der Waals surface area contributed by atoms with E-state index in [1.807, 2.05) is 48.2 Å². The number of aromatic nitrogens is 2. The van der Waals surface area contributed by atoms with Crippen LogP contribution in [0.25, 0.3) is 11.3 Å². The molecule has 3 aromatic rings. The molecule has 2 heterocycles. The number of nitrogens with zero attached hydrogens (tertiary/aromatic N) is 2. The zero-order valence-corrected chi connectivity index (χ0v) is 15.5. The van der Waals surface area contributed by atoms with E-state index in [9.17, 15) is 4.79 Å². The van der Waals surface area contributed by atoms with Gasteiger partial charge in [-0.3, -0.25) is 4.79 Å². The molecule has 4 heteroatoms. The molecule has 0 spiro atoms. The van der Waals surface area contributed by atoms with Crippen molar-refractivity contribution in [3.63, 3.8) is 0 Å². The summed E-state index contributed by atoms with van der Waals surface area (Å²) in [6.07, 6.45) is 1.75. The number of H-pyrrole nitrogens is 1. The van der Waals surface area contributed by atoms with Gasteiger partial charge in [-0.1, -0.05) is 31.2 Å². The molecule has 0 atom stereocenters. The Bertz CT molecular complexity index is 987. The minimum atomic E-state index is 0.0464. The Balaban J connectivity index is 1.78. The summed E-state index contributed by atoms with van der Waals surface area (Å²) in [5.74, 6) is 0.959. The predicted molar refractivity (Wildman–Crippen MR) is 105 cm³/mol. The minimum Gasteiger partial charge on any atom is -0.346 e. The van der Waals surface area contributed by atoms with Gasteiger partial charge in [-0.2, -0.15) is 0 Å². The van der Waals surface area contributed by atoms with Crippen molar-refractivity contribution in [1.82, 2.24) is 9.97 Å². The number of nitrogens with one attached hydrogen (secondary N) is 1. The van der Waals surface area contributed by atoms with Crippen LogP contribution in [0.4, 0.5) is 5.69 Å². The summed E-state index contributed by atoms with van der Waals surface area (Å²) in [5.41, 5.74) is 7.20. The standard InChI is InChI=1S/C22H23N3O/c1-4-16-9-10-17(13-14(16)2)22(26)25-12-11-19-21(24-15(3)23-19)18-7-5-6-8-20(18)25/h5-10,13H,4,11-12H2,1-3H3,(H,23,24). The Kier molecular flexibility index (Phi) is 4.11. The Morgan fingerprint density at radius 1 is 1.19 bits per heavy atom. The zero-order chi connectivity index (χ0) is 18.3. The van der Waals surface area contributed by atoms with Crippen LogP contribution in [0, 0.1) is 13.8 Å². The Morgan fingerprint density at radius 3 is 2.77 bits per heavy atom. The van der Waals surface area contributed by atoms with Gasteiger partial charge in [0.1, 0.15) is 5.82 Å². The van der Waals surface area contributed by atoms with Crippen molar-refractivity contribution in [2.24, 2.45) is 0 Å². The second-order valence-electron chi connectivity index (χ2n) is 6.87. The molecule has 4 rings (SSSR count). The molecule has 26 heavy (non-hydrogen) atoms. The molecule has 2 aromatic carbocycles. The maximum Gasteiger partial charge on any atom is 0.258 e. The molecule has 1 aliphatic rings. The fraction of sp³-hybridized carbons (Fsp3) is 0.273. The van der Waals surface area contributed by atoms with Crippen molar-refractivity contribution >= 4 is 11.6 Å². The number of fused-ring (bicyclic) bond motifs is 3. The maximum absolute atomic E-state index is 13.3. The predicted octanol–water partition coefficient (Wildman–Crippen LogP) is 4.46. The van der Waals surface area contributed by atoms with E-state index in [2.05, 4.69) is 29.9 Å². The molecule has 1 N–H and O–H groups in total. The molecular formula is C22H23N3O. The van der Waals surface area contributed by atoms with Crippen LogP contribution in [-0.2, 0) is 12.8 Å². The highest BCUT2D eigenvalue weighted by atomic mass is 16.2. The van der Waals surface area contributed by atoms with E-state index >= 15 is 0 Å². The molecule has 1 aliphatic heterocycles. The molecule has 0 aliphatic carbocycles. The zero-order valence-electron chi connectivity index (χ0n) is 15.5. The molecular weight excluding hydrogens is 322 g/mol. The lowest BCUT2D eigenvalue weighted by Gasteiger charge is -2.23. The Hall–Kier alpha value is -2.88. The van der Waals surface area contributed by atoms with Gasteiger partial charge in [-0.25, -0.2) is 4.98 Å². The first-order valence-electron chi connectivity index (χ1n) is 9.14. The first-order valence-corrected chi connectivity index (χ1v) is 9.14. The summed E-state index contributed by atoms with van der Waals surface area (Å²) in [6.45, 7) is 6.82. The number of carbonyl (C=O) groups excluding carboxylic acids is 1. The average molecular weight is 345 g/mol. The van der Waals surface area contributed by atoms with Crippen LogP contribution in [0.5, 0.6) is 0 Å².